The summed E-state index contributed by atoms with van der Waals surface area (Å²) in [6.07, 6.45) is 2.89. The van der Waals surface area contributed by atoms with E-state index in [0.29, 0.717) is 23.4 Å². The minimum absolute atomic E-state index is 0.0572. The number of halogens is 3. The number of rotatable bonds is 7. The molecule has 2 aromatic rings. The zero-order valence-electron chi connectivity index (χ0n) is 11.0. The molecule has 0 aliphatic heterocycles. The van der Waals surface area contributed by atoms with Crippen molar-refractivity contribution in [3.05, 3.63) is 40.7 Å². The normalized spacial score (nSPS) is 11.1. The highest BCUT2D eigenvalue weighted by Gasteiger charge is 2.11. The van der Waals surface area contributed by atoms with Crippen molar-refractivity contribution in [2.75, 3.05) is 6.61 Å². The Bertz CT molecular complexity index is 593. The lowest BCUT2D eigenvalue weighted by Gasteiger charge is -2.10. The van der Waals surface area contributed by atoms with Gasteiger partial charge in [-0.05, 0) is 31.0 Å². The molecule has 0 saturated heterocycles. The van der Waals surface area contributed by atoms with Crippen molar-refractivity contribution in [1.29, 1.82) is 0 Å². The predicted molar refractivity (Wildman–Crippen MR) is 72.6 cm³/mol. The Balaban J connectivity index is 2.14. The summed E-state index contributed by atoms with van der Waals surface area (Å²) in [7, 11) is 0. The van der Waals surface area contributed by atoms with Crippen LogP contribution < -0.4 is 4.74 Å². The van der Waals surface area contributed by atoms with Gasteiger partial charge in [0, 0.05) is 23.4 Å². The number of nitrogens with zero attached hydrogens (tertiary/aromatic N) is 3. The topological polar surface area (TPSA) is 60.2 Å². The molecule has 1 aromatic carbocycles. The molecule has 5 nitrogen and oxygen atoms in total. The van der Waals surface area contributed by atoms with E-state index in [4.69, 9.17) is 16.7 Å². The van der Waals surface area contributed by atoms with Crippen LogP contribution in [0.3, 0.4) is 0 Å². The minimum Gasteiger partial charge on any atom is -0.434 e. The second-order valence-electron chi connectivity index (χ2n) is 4.37. The first-order valence-corrected chi connectivity index (χ1v) is 6.69. The monoisotopic (exact) mass is 317 g/mol. The molecule has 21 heavy (non-hydrogen) atoms. The molecular weight excluding hydrogens is 304 g/mol. The summed E-state index contributed by atoms with van der Waals surface area (Å²) < 4.78 is 30.7. The first kappa shape index (κ1) is 15.7. The third-order valence-corrected chi connectivity index (χ3v) is 2.98. The number of hydrogen-bond acceptors (Lipinski definition) is 4. The molecule has 0 aliphatic rings. The number of aliphatic hydroxyl groups is 1. The minimum atomic E-state index is -2.90. The Morgan fingerprint density at radius 3 is 2.90 bits per heavy atom. The van der Waals surface area contributed by atoms with Crippen LogP contribution in [0.4, 0.5) is 8.78 Å². The van der Waals surface area contributed by atoms with Gasteiger partial charge in [-0.1, -0.05) is 16.8 Å². The molecule has 0 unspecified atom stereocenters. The molecule has 0 saturated carbocycles. The Labute approximate surface area is 125 Å². The van der Waals surface area contributed by atoms with Crippen molar-refractivity contribution < 1.29 is 18.6 Å². The van der Waals surface area contributed by atoms with Crippen LogP contribution in [0, 0.1) is 0 Å². The number of aryl methyl sites for hydroxylation is 1. The standard InChI is InChI=1S/C13H14ClF2N3O2/c14-10-3-4-12(21-13(15)16)9(6-10)7-19-8-11(17-18-19)2-1-5-20/h3-4,6,8,13,20H,1-2,5,7H2. The molecule has 0 aliphatic carbocycles. The molecule has 114 valence electrons. The molecule has 0 radical (unpaired) electrons. The molecular formula is C13H14ClF2N3O2. The summed E-state index contributed by atoms with van der Waals surface area (Å²) in [6, 6.07) is 4.43. The lowest BCUT2D eigenvalue weighted by Crippen LogP contribution is -2.07. The molecule has 1 N–H and O–H groups in total. The Kier molecular flexibility index (Phi) is 5.46. The smallest absolute Gasteiger partial charge is 0.387 e. The van der Waals surface area contributed by atoms with Crippen molar-refractivity contribution in [3.8, 4) is 5.75 Å². The van der Waals surface area contributed by atoms with Crippen LogP contribution >= 0.6 is 11.6 Å². The highest BCUT2D eigenvalue weighted by Crippen LogP contribution is 2.25. The molecule has 0 bridgehead atoms. The molecule has 0 spiro atoms. The average molecular weight is 318 g/mol. The van der Waals surface area contributed by atoms with Crippen molar-refractivity contribution in [2.24, 2.45) is 0 Å². The van der Waals surface area contributed by atoms with Crippen molar-refractivity contribution in [1.82, 2.24) is 15.0 Å². The fourth-order valence-corrected chi connectivity index (χ4v) is 2.04. The van der Waals surface area contributed by atoms with E-state index in [0.717, 1.165) is 5.69 Å². The SMILES string of the molecule is OCCCc1cn(Cc2cc(Cl)ccc2OC(F)F)nn1. The van der Waals surface area contributed by atoms with Crippen LogP contribution in [0.5, 0.6) is 5.75 Å². The first-order chi connectivity index (χ1) is 10.1. The molecule has 1 aromatic heterocycles. The summed E-state index contributed by atoms with van der Waals surface area (Å²) in [4.78, 5) is 0. The second-order valence-corrected chi connectivity index (χ2v) is 4.80. The van der Waals surface area contributed by atoms with Crippen LogP contribution in [0.25, 0.3) is 0 Å². The van der Waals surface area contributed by atoms with Gasteiger partial charge in [0.15, 0.2) is 0 Å². The molecule has 1 heterocycles. The van der Waals surface area contributed by atoms with E-state index >= 15 is 0 Å². The maximum absolute atomic E-state index is 12.4. The van der Waals surface area contributed by atoms with E-state index in [2.05, 4.69) is 15.0 Å². The zero-order chi connectivity index (χ0) is 15.2. The largest absolute Gasteiger partial charge is 0.434 e. The first-order valence-electron chi connectivity index (χ1n) is 6.31. The highest BCUT2D eigenvalue weighted by atomic mass is 35.5. The summed E-state index contributed by atoms with van der Waals surface area (Å²) in [6.45, 7) is -2.61. The average Bonchev–Trinajstić information content (AvgIpc) is 2.87. The highest BCUT2D eigenvalue weighted by molar-refractivity contribution is 6.30. The fourth-order valence-electron chi connectivity index (χ4n) is 1.85. The Hall–Kier alpha value is -1.73. The number of benzene rings is 1. The number of hydrogen-bond donors (Lipinski definition) is 1. The predicted octanol–water partition coefficient (Wildman–Crippen LogP) is 2.51. The lowest BCUT2D eigenvalue weighted by molar-refractivity contribution is -0.0505. The van der Waals surface area contributed by atoms with Gasteiger partial charge in [-0.15, -0.1) is 5.10 Å². The van der Waals surface area contributed by atoms with Gasteiger partial charge in [0.05, 0.1) is 12.2 Å². The summed E-state index contributed by atoms with van der Waals surface area (Å²) in [5, 5.41) is 17.0. The van der Waals surface area contributed by atoms with E-state index in [1.165, 1.54) is 16.8 Å². The quantitative estimate of drug-likeness (QED) is 0.852. The molecule has 0 amide bonds. The van der Waals surface area contributed by atoms with Crippen LogP contribution in [0.2, 0.25) is 5.02 Å². The van der Waals surface area contributed by atoms with E-state index in [9.17, 15) is 8.78 Å². The third kappa shape index (κ3) is 4.64. The molecule has 0 fully saturated rings. The van der Waals surface area contributed by atoms with Gasteiger partial charge in [0.1, 0.15) is 5.75 Å². The van der Waals surface area contributed by atoms with Gasteiger partial charge in [0.25, 0.3) is 0 Å². The summed E-state index contributed by atoms with van der Waals surface area (Å²) in [5.41, 5.74) is 1.21. The van der Waals surface area contributed by atoms with Crippen LogP contribution in [0.1, 0.15) is 17.7 Å². The lowest BCUT2D eigenvalue weighted by atomic mass is 10.2. The zero-order valence-corrected chi connectivity index (χ0v) is 11.8. The fraction of sp³-hybridized carbons (Fsp3) is 0.385. The van der Waals surface area contributed by atoms with Gasteiger partial charge in [-0.2, -0.15) is 8.78 Å². The van der Waals surface area contributed by atoms with E-state index < -0.39 is 6.61 Å². The Morgan fingerprint density at radius 2 is 2.19 bits per heavy atom. The maximum Gasteiger partial charge on any atom is 0.387 e. The van der Waals surface area contributed by atoms with Crippen LogP contribution in [-0.2, 0) is 13.0 Å². The van der Waals surface area contributed by atoms with Crippen LogP contribution in [0.15, 0.2) is 24.4 Å². The van der Waals surface area contributed by atoms with Gasteiger partial charge in [-0.25, -0.2) is 4.68 Å². The number of aromatic nitrogens is 3. The molecule has 2 rings (SSSR count). The van der Waals surface area contributed by atoms with Crippen molar-refractivity contribution >= 4 is 11.6 Å². The van der Waals surface area contributed by atoms with Gasteiger partial charge in [0.2, 0.25) is 0 Å². The second kappa shape index (κ2) is 7.33. The maximum atomic E-state index is 12.4. The number of aliphatic hydroxyl groups excluding tert-OH is 1. The molecule has 0 atom stereocenters. The Morgan fingerprint density at radius 1 is 1.38 bits per heavy atom. The van der Waals surface area contributed by atoms with E-state index in [1.54, 1.807) is 12.3 Å². The van der Waals surface area contributed by atoms with E-state index in [-0.39, 0.29) is 18.9 Å². The van der Waals surface area contributed by atoms with Crippen LogP contribution in [-0.4, -0.2) is 33.3 Å². The van der Waals surface area contributed by atoms with Crippen molar-refractivity contribution in [2.45, 2.75) is 26.0 Å². The molecule has 8 heteroatoms. The van der Waals surface area contributed by atoms with Crippen molar-refractivity contribution in [3.63, 3.8) is 0 Å². The van der Waals surface area contributed by atoms with E-state index in [1.807, 2.05) is 0 Å². The van der Waals surface area contributed by atoms with Gasteiger partial charge < -0.3 is 9.84 Å². The summed E-state index contributed by atoms with van der Waals surface area (Å²) in [5.74, 6) is 0.0572. The summed E-state index contributed by atoms with van der Waals surface area (Å²) >= 11 is 5.88. The number of alkyl halides is 2. The van der Waals surface area contributed by atoms with Gasteiger partial charge in [-0.3, -0.25) is 0 Å². The third-order valence-electron chi connectivity index (χ3n) is 2.75. The number of ether oxygens (including phenoxy) is 1. The van der Waals surface area contributed by atoms with Gasteiger partial charge >= 0.3 is 6.61 Å².